The third-order valence-corrected chi connectivity index (χ3v) is 10.4. The van der Waals surface area contributed by atoms with Crippen LogP contribution in [0.15, 0.2) is 36.4 Å². The van der Waals surface area contributed by atoms with Crippen molar-refractivity contribution in [2.24, 2.45) is 14.1 Å². The molecule has 1 fully saturated rings. The van der Waals surface area contributed by atoms with E-state index in [1.54, 1.807) is 6.07 Å². The molecule has 260 valence electrons. The van der Waals surface area contributed by atoms with E-state index in [0.717, 1.165) is 123 Å². The molecule has 4 aromatic rings. The standard InChI is InChI=1S/C38H48ClN7O3/c1-6-11-26-25(27-14-10-16-30(34(27)39)43-38(48)35-40-28(8-3)32(12-7-2)44(35)4)13-9-15-29(26)42-37(47)36-41-31-23-46(20-17-33(31)45(36)5)24-18-21-49-22-19-24/h9-10,13-16,24H,6-8,11-12,17-23H2,1-5H3,(H,42,47)(H,43,48). The summed E-state index contributed by atoms with van der Waals surface area (Å²) in [5.74, 6) is 0.240. The quantitative estimate of drug-likeness (QED) is 0.176. The number of amides is 2. The highest BCUT2D eigenvalue weighted by Crippen LogP contribution is 2.39. The summed E-state index contributed by atoms with van der Waals surface area (Å²) in [6, 6.07) is 12.0. The summed E-state index contributed by atoms with van der Waals surface area (Å²) in [7, 11) is 3.83. The van der Waals surface area contributed by atoms with Crippen molar-refractivity contribution in [1.29, 1.82) is 0 Å². The van der Waals surface area contributed by atoms with Gasteiger partial charge in [0.05, 0.1) is 22.1 Å². The molecule has 0 radical (unpaired) electrons. The monoisotopic (exact) mass is 685 g/mol. The zero-order valence-electron chi connectivity index (χ0n) is 29.4. The molecule has 1 saturated heterocycles. The number of hydrogen-bond donors (Lipinski definition) is 2. The number of nitrogens with one attached hydrogen (secondary N) is 2. The van der Waals surface area contributed by atoms with Gasteiger partial charge in [0, 0.05) is 75.5 Å². The summed E-state index contributed by atoms with van der Waals surface area (Å²) in [6.07, 6.45) is 7.13. The lowest BCUT2D eigenvalue weighted by Gasteiger charge is -2.36. The Labute approximate surface area is 294 Å². The molecule has 11 heteroatoms. The fourth-order valence-corrected chi connectivity index (χ4v) is 7.68. The van der Waals surface area contributed by atoms with Crippen molar-refractivity contribution in [2.45, 2.75) is 84.7 Å². The second-order valence-electron chi connectivity index (χ2n) is 13.1. The van der Waals surface area contributed by atoms with Crippen LogP contribution in [0, 0.1) is 0 Å². The molecule has 2 aromatic heterocycles. The Kier molecular flexibility index (Phi) is 10.9. The molecular weight excluding hydrogens is 638 g/mol. The molecule has 0 unspecified atom stereocenters. The van der Waals surface area contributed by atoms with Crippen molar-refractivity contribution in [1.82, 2.24) is 24.0 Å². The summed E-state index contributed by atoms with van der Waals surface area (Å²) in [6.45, 7) is 9.61. The Morgan fingerprint density at radius 1 is 0.878 bits per heavy atom. The summed E-state index contributed by atoms with van der Waals surface area (Å²) in [5.41, 5.74) is 8.03. The number of carbonyl (C=O) groups excluding carboxylic acids is 2. The number of imidazole rings is 2. The number of hydrogen-bond acceptors (Lipinski definition) is 6. The van der Waals surface area contributed by atoms with Gasteiger partial charge in [-0.3, -0.25) is 14.5 Å². The first-order valence-corrected chi connectivity index (χ1v) is 18.1. The highest BCUT2D eigenvalue weighted by Gasteiger charge is 2.30. The minimum absolute atomic E-state index is 0.236. The first kappa shape index (κ1) is 34.9. The lowest BCUT2D eigenvalue weighted by Crippen LogP contribution is -2.42. The van der Waals surface area contributed by atoms with Gasteiger partial charge in [-0.15, -0.1) is 0 Å². The molecular formula is C38H48ClN7O3. The van der Waals surface area contributed by atoms with Crippen LogP contribution < -0.4 is 10.6 Å². The summed E-state index contributed by atoms with van der Waals surface area (Å²) in [5, 5.41) is 6.63. The van der Waals surface area contributed by atoms with E-state index in [-0.39, 0.29) is 11.8 Å². The fourth-order valence-electron chi connectivity index (χ4n) is 7.41. The van der Waals surface area contributed by atoms with E-state index >= 15 is 0 Å². The van der Waals surface area contributed by atoms with Crippen molar-refractivity contribution >= 4 is 34.8 Å². The number of fused-ring (bicyclic) bond motifs is 1. The SMILES string of the molecule is CCCc1c(NC(=O)c2nc3c(n2C)CCN(C2CCOCC2)C3)cccc1-c1cccc(NC(=O)c2nc(CC)c(CCC)n2C)c1Cl. The van der Waals surface area contributed by atoms with Crippen LogP contribution in [0.4, 0.5) is 11.4 Å². The number of ether oxygens (including phenoxy) is 1. The number of benzene rings is 2. The largest absolute Gasteiger partial charge is 0.381 e. The molecule has 0 bridgehead atoms. The van der Waals surface area contributed by atoms with Gasteiger partial charge in [-0.2, -0.15) is 0 Å². The molecule has 4 heterocycles. The number of aromatic nitrogens is 4. The molecule has 2 aromatic carbocycles. The van der Waals surface area contributed by atoms with Crippen molar-refractivity contribution in [2.75, 3.05) is 30.4 Å². The van der Waals surface area contributed by atoms with E-state index in [1.165, 1.54) is 0 Å². The predicted molar refractivity (Wildman–Crippen MR) is 195 cm³/mol. The highest BCUT2D eigenvalue weighted by atomic mass is 35.5. The van der Waals surface area contributed by atoms with Gasteiger partial charge in [0.1, 0.15) is 0 Å². The fraction of sp³-hybridized carbons (Fsp3) is 0.474. The number of aryl methyl sites for hydroxylation is 1. The lowest BCUT2D eigenvalue weighted by atomic mass is 9.94. The van der Waals surface area contributed by atoms with Gasteiger partial charge in [-0.25, -0.2) is 9.97 Å². The van der Waals surface area contributed by atoms with Gasteiger partial charge in [-0.1, -0.05) is 69.5 Å². The van der Waals surface area contributed by atoms with Gasteiger partial charge in [0.25, 0.3) is 11.8 Å². The number of halogens is 1. The van der Waals surface area contributed by atoms with Crippen LogP contribution in [0.5, 0.6) is 0 Å². The summed E-state index contributed by atoms with van der Waals surface area (Å²) < 4.78 is 9.41. The maximum absolute atomic E-state index is 13.8. The lowest BCUT2D eigenvalue weighted by molar-refractivity contribution is 0.0283. The highest BCUT2D eigenvalue weighted by molar-refractivity contribution is 6.36. The first-order chi connectivity index (χ1) is 23.7. The van der Waals surface area contributed by atoms with Crippen molar-refractivity contribution in [3.05, 3.63) is 81.4 Å². The average Bonchev–Trinajstić information content (AvgIpc) is 3.62. The molecule has 0 atom stereocenters. The molecule has 49 heavy (non-hydrogen) atoms. The Bertz CT molecular complexity index is 1840. The maximum atomic E-state index is 13.8. The number of nitrogens with zero attached hydrogens (tertiary/aromatic N) is 5. The van der Waals surface area contributed by atoms with Crippen LogP contribution in [-0.2, 0) is 51.1 Å². The van der Waals surface area contributed by atoms with E-state index in [2.05, 4.69) is 41.3 Å². The van der Waals surface area contributed by atoms with Gasteiger partial charge >= 0.3 is 0 Å². The smallest absolute Gasteiger partial charge is 0.291 e. The van der Waals surface area contributed by atoms with Crippen LogP contribution in [0.3, 0.4) is 0 Å². The van der Waals surface area contributed by atoms with Crippen LogP contribution in [0.1, 0.15) is 96.0 Å². The Balaban J connectivity index is 1.25. The Hall–Kier alpha value is -3.99. The van der Waals surface area contributed by atoms with E-state index in [4.69, 9.17) is 21.3 Å². The zero-order valence-corrected chi connectivity index (χ0v) is 30.1. The third-order valence-electron chi connectivity index (χ3n) is 9.98. The Morgan fingerprint density at radius 3 is 2.22 bits per heavy atom. The van der Waals surface area contributed by atoms with E-state index < -0.39 is 0 Å². The molecule has 2 amide bonds. The minimum Gasteiger partial charge on any atom is -0.381 e. The molecule has 2 aliphatic heterocycles. The second kappa shape index (κ2) is 15.3. The molecule has 0 saturated carbocycles. The van der Waals surface area contributed by atoms with Crippen LogP contribution in [0.2, 0.25) is 5.02 Å². The molecule has 2 N–H and O–H groups in total. The number of anilines is 2. The maximum Gasteiger partial charge on any atom is 0.291 e. The van der Waals surface area contributed by atoms with Crippen LogP contribution >= 0.6 is 11.6 Å². The van der Waals surface area contributed by atoms with E-state index in [0.29, 0.717) is 28.4 Å². The van der Waals surface area contributed by atoms with Gasteiger partial charge in [0.2, 0.25) is 0 Å². The van der Waals surface area contributed by atoms with E-state index in [1.807, 2.05) is 53.6 Å². The predicted octanol–water partition coefficient (Wildman–Crippen LogP) is 6.98. The third kappa shape index (κ3) is 7.04. The summed E-state index contributed by atoms with van der Waals surface area (Å²) in [4.78, 5) is 39.3. The van der Waals surface area contributed by atoms with Gasteiger partial charge in [-0.05, 0) is 55.4 Å². The molecule has 0 spiro atoms. The molecule has 10 nitrogen and oxygen atoms in total. The Morgan fingerprint density at radius 2 is 1.53 bits per heavy atom. The van der Waals surface area contributed by atoms with Gasteiger partial charge < -0.3 is 24.5 Å². The van der Waals surface area contributed by atoms with Crippen molar-refractivity contribution < 1.29 is 14.3 Å². The molecule has 0 aliphatic carbocycles. The molecule has 6 rings (SSSR count). The van der Waals surface area contributed by atoms with Crippen LogP contribution in [-0.4, -0.2) is 61.6 Å². The average molecular weight is 686 g/mol. The summed E-state index contributed by atoms with van der Waals surface area (Å²) >= 11 is 7.05. The van der Waals surface area contributed by atoms with Crippen molar-refractivity contribution in [3.8, 4) is 11.1 Å². The molecule has 2 aliphatic rings. The van der Waals surface area contributed by atoms with Crippen LogP contribution in [0.25, 0.3) is 11.1 Å². The second-order valence-corrected chi connectivity index (χ2v) is 13.5. The van der Waals surface area contributed by atoms with Crippen molar-refractivity contribution in [3.63, 3.8) is 0 Å². The number of carbonyl (C=O) groups is 2. The normalized spacial score (nSPS) is 15.3. The first-order valence-electron chi connectivity index (χ1n) is 17.7. The topological polar surface area (TPSA) is 106 Å². The minimum atomic E-state index is -0.304. The zero-order chi connectivity index (χ0) is 34.7. The van der Waals surface area contributed by atoms with E-state index in [9.17, 15) is 9.59 Å². The van der Waals surface area contributed by atoms with Gasteiger partial charge in [0.15, 0.2) is 11.6 Å². The number of rotatable bonds is 11.